The lowest BCUT2D eigenvalue weighted by Gasteiger charge is -2.13. The first-order valence-electron chi connectivity index (χ1n) is 6.27. The van der Waals surface area contributed by atoms with Crippen LogP contribution in [0.15, 0.2) is 17.4 Å². The van der Waals surface area contributed by atoms with Crippen LogP contribution in [0.4, 0.5) is 0 Å². The molecule has 0 spiro atoms. The summed E-state index contributed by atoms with van der Waals surface area (Å²) in [5, 5.41) is 10.5. The average Bonchev–Trinajstić information content (AvgIpc) is 2.79. The molecule has 0 saturated heterocycles. The van der Waals surface area contributed by atoms with E-state index >= 15 is 0 Å². The van der Waals surface area contributed by atoms with E-state index in [1.165, 1.54) is 34.9 Å². The van der Waals surface area contributed by atoms with Gasteiger partial charge in [0.05, 0.1) is 0 Å². The van der Waals surface area contributed by atoms with Crippen LogP contribution in [0.25, 0.3) is 10.2 Å². The number of carbonyl (C=O) groups excluding carboxylic acids is 1. The molecule has 0 unspecified atom stereocenters. The Morgan fingerprint density at radius 3 is 2.90 bits per heavy atom. The number of hydrogen-bond donors (Lipinski definition) is 1. The lowest BCUT2D eigenvalue weighted by Crippen LogP contribution is -2.32. The maximum Gasteiger partial charge on any atom is 0.323 e. The molecule has 2 rings (SSSR count). The lowest BCUT2D eigenvalue weighted by molar-refractivity contribution is -0.143. The van der Waals surface area contributed by atoms with Crippen LogP contribution in [0, 0.1) is 6.92 Å². The highest BCUT2D eigenvalue weighted by molar-refractivity contribution is 7.99. The van der Waals surface area contributed by atoms with Gasteiger partial charge in [0.2, 0.25) is 5.91 Å². The molecule has 0 atom stereocenters. The van der Waals surface area contributed by atoms with Gasteiger partial charge in [0.25, 0.3) is 0 Å². The van der Waals surface area contributed by atoms with Crippen molar-refractivity contribution in [2.45, 2.75) is 18.4 Å². The van der Waals surface area contributed by atoms with Crippen molar-refractivity contribution in [3.05, 3.63) is 17.3 Å². The first kappa shape index (κ1) is 15.7. The van der Waals surface area contributed by atoms with Gasteiger partial charge < -0.3 is 10.0 Å². The topological polar surface area (TPSA) is 83.4 Å². The van der Waals surface area contributed by atoms with E-state index in [2.05, 4.69) is 9.97 Å². The summed E-state index contributed by atoms with van der Waals surface area (Å²) < 4.78 is 0. The van der Waals surface area contributed by atoms with Crippen molar-refractivity contribution < 1.29 is 14.7 Å². The maximum absolute atomic E-state index is 11.8. The Morgan fingerprint density at radius 1 is 1.43 bits per heavy atom. The normalized spacial score (nSPS) is 10.8. The molecule has 0 fully saturated rings. The fourth-order valence-corrected chi connectivity index (χ4v) is 3.60. The Labute approximate surface area is 130 Å². The highest BCUT2D eigenvalue weighted by Crippen LogP contribution is 2.30. The van der Waals surface area contributed by atoms with Gasteiger partial charge in [-0.25, -0.2) is 9.97 Å². The van der Waals surface area contributed by atoms with E-state index in [1.807, 2.05) is 13.0 Å². The zero-order valence-corrected chi connectivity index (χ0v) is 13.3. The molecule has 0 aromatic carbocycles. The number of aromatic nitrogens is 2. The van der Waals surface area contributed by atoms with Crippen LogP contribution in [-0.2, 0) is 9.59 Å². The van der Waals surface area contributed by atoms with Gasteiger partial charge >= 0.3 is 5.97 Å². The molecule has 0 aliphatic carbocycles. The number of hydrogen-bond acceptors (Lipinski definition) is 6. The Morgan fingerprint density at radius 2 is 2.19 bits per heavy atom. The predicted molar refractivity (Wildman–Crippen MR) is 82.8 cm³/mol. The van der Waals surface area contributed by atoms with Crippen LogP contribution in [0.1, 0.15) is 11.3 Å². The standard InChI is InChI=1S/C13H15N3O3S2/c1-8-5-9-12(14-7-15-13(9)21-8)20-4-3-10(17)16(2)6-11(18)19/h5,7H,3-4,6H2,1-2H3,(H,18,19). The number of aryl methyl sites for hydroxylation is 1. The number of rotatable bonds is 6. The second-order valence-corrected chi connectivity index (χ2v) is 6.82. The molecule has 2 aromatic rings. The van der Waals surface area contributed by atoms with Gasteiger partial charge in [0.1, 0.15) is 22.7 Å². The summed E-state index contributed by atoms with van der Waals surface area (Å²) in [7, 11) is 1.49. The summed E-state index contributed by atoms with van der Waals surface area (Å²) in [6.45, 7) is 1.75. The van der Waals surface area contributed by atoms with Gasteiger partial charge in [-0.3, -0.25) is 9.59 Å². The summed E-state index contributed by atoms with van der Waals surface area (Å²) in [5.74, 6) is -0.634. The predicted octanol–water partition coefficient (Wildman–Crippen LogP) is 2.02. The Kier molecular flexibility index (Phi) is 5.13. The molecule has 0 radical (unpaired) electrons. The van der Waals surface area contributed by atoms with E-state index in [4.69, 9.17) is 5.11 Å². The van der Waals surface area contributed by atoms with E-state index < -0.39 is 5.97 Å². The molecule has 0 aliphatic rings. The number of carbonyl (C=O) groups is 2. The van der Waals surface area contributed by atoms with Crippen molar-refractivity contribution in [2.24, 2.45) is 0 Å². The molecule has 112 valence electrons. The maximum atomic E-state index is 11.8. The zero-order chi connectivity index (χ0) is 15.4. The number of thioether (sulfide) groups is 1. The van der Waals surface area contributed by atoms with Crippen LogP contribution in [0.3, 0.4) is 0 Å². The first-order valence-corrected chi connectivity index (χ1v) is 8.07. The highest BCUT2D eigenvalue weighted by Gasteiger charge is 2.13. The van der Waals surface area contributed by atoms with E-state index in [-0.39, 0.29) is 18.9 Å². The van der Waals surface area contributed by atoms with Gasteiger partial charge in [-0.15, -0.1) is 23.1 Å². The zero-order valence-electron chi connectivity index (χ0n) is 11.7. The number of thiophene rings is 1. The minimum atomic E-state index is -1.01. The van der Waals surface area contributed by atoms with Crippen molar-refractivity contribution in [1.82, 2.24) is 14.9 Å². The van der Waals surface area contributed by atoms with E-state index in [9.17, 15) is 9.59 Å². The molecule has 1 amide bonds. The third-order valence-electron chi connectivity index (χ3n) is 2.77. The molecule has 6 nitrogen and oxygen atoms in total. The van der Waals surface area contributed by atoms with E-state index in [0.29, 0.717) is 5.75 Å². The van der Waals surface area contributed by atoms with Gasteiger partial charge in [-0.1, -0.05) is 0 Å². The molecule has 21 heavy (non-hydrogen) atoms. The Bertz CT molecular complexity index is 672. The number of likely N-dealkylation sites (N-methyl/N-ethyl adjacent to an activating group) is 1. The van der Waals surface area contributed by atoms with Crippen molar-refractivity contribution in [3.63, 3.8) is 0 Å². The first-order chi connectivity index (χ1) is 9.97. The van der Waals surface area contributed by atoms with Crippen LogP contribution < -0.4 is 0 Å². The molecule has 0 aliphatic heterocycles. The highest BCUT2D eigenvalue weighted by atomic mass is 32.2. The van der Waals surface area contributed by atoms with Gasteiger partial charge in [0.15, 0.2) is 0 Å². The Hall–Kier alpha value is -1.67. The van der Waals surface area contributed by atoms with E-state index in [0.717, 1.165) is 15.2 Å². The molecule has 0 bridgehead atoms. The number of fused-ring (bicyclic) bond motifs is 1. The molecular weight excluding hydrogens is 310 g/mol. The van der Waals surface area contributed by atoms with Crippen molar-refractivity contribution in [2.75, 3.05) is 19.3 Å². The minimum absolute atomic E-state index is 0.184. The lowest BCUT2D eigenvalue weighted by atomic mass is 10.4. The fraction of sp³-hybridized carbons (Fsp3) is 0.385. The summed E-state index contributed by atoms with van der Waals surface area (Å²) in [4.78, 5) is 34.1. The van der Waals surface area contributed by atoms with Crippen molar-refractivity contribution in [1.29, 1.82) is 0 Å². The largest absolute Gasteiger partial charge is 0.480 e. The number of carboxylic acid groups (broad SMARTS) is 1. The van der Waals surface area contributed by atoms with Crippen LogP contribution in [0.5, 0.6) is 0 Å². The summed E-state index contributed by atoms with van der Waals surface area (Å²) in [6, 6.07) is 2.04. The fourth-order valence-electron chi connectivity index (χ4n) is 1.79. The molecular formula is C13H15N3O3S2. The summed E-state index contributed by atoms with van der Waals surface area (Å²) in [5.41, 5.74) is 0. The Balaban J connectivity index is 1.93. The van der Waals surface area contributed by atoms with E-state index in [1.54, 1.807) is 11.3 Å². The molecule has 0 saturated carbocycles. The van der Waals surface area contributed by atoms with Crippen LogP contribution in [0.2, 0.25) is 0 Å². The third kappa shape index (κ3) is 4.15. The second kappa shape index (κ2) is 6.86. The smallest absolute Gasteiger partial charge is 0.323 e. The minimum Gasteiger partial charge on any atom is -0.480 e. The van der Waals surface area contributed by atoms with Crippen molar-refractivity contribution >= 4 is 45.2 Å². The summed E-state index contributed by atoms with van der Waals surface area (Å²) >= 11 is 3.10. The van der Waals surface area contributed by atoms with Gasteiger partial charge in [0, 0.05) is 29.5 Å². The second-order valence-electron chi connectivity index (χ2n) is 4.50. The third-order valence-corrected chi connectivity index (χ3v) is 4.73. The number of nitrogens with zero attached hydrogens (tertiary/aromatic N) is 3. The monoisotopic (exact) mass is 325 g/mol. The van der Waals surface area contributed by atoms with Crippen molar-refractivity contribution in [3.8, 4) is 0 Å². The van der Waals surface area contributed by atoms with Crippen LogP contribution in [-0.4, -0.2) is 51.2 Å². The summed E-state index contributed by atoms with van der Waals surface area (Å²) in [6.07, 6.45) is 1.81. The SMILES string of the molecule is Cc1cc2c(SCCC(=O)N(C)CC(=O)O)ncnc2s1. The number of amides is 1. The average molecular weight is 325 g/mol. The van der Waals surface area contributed by atoms with Gasteiger partial charge in [-0.2, -0.15) is 0 Å². The molecule has 8 heteroatoms. The number of aliphatic carboxylic acids is 1. The quantitative estimate of drug-likeness (QED) is 0.646. The molecule has 2 aromatic heterocycles. The number of carboxylic acids is 1. The molecule has 2 heterocycles. The van der Waals surface area contributed by atoms with Crippen LogP contribution >= 0.6 is 23.1 Å². The molecule has 1 N–H and O–H groups in total. The van der Waals surface area contributed by atoms with Gasteiger partial charge in [-0.05, 0) is 13.0 Å².